The Balaban J connectivity index is 1.59. The molecule has 1 fully saturated rings. The lowest BCUT2D eigenvalue weighted by Crippen LogP contribution is -2.48. The van der Waals surface area contributed by atoms with Crippen LogP contribution >= 0.6 is 0 Å². The lowest BCUT2D eigenvalue weighted by atomic mass is 10.1. The smallest absolute Gasteiger partial charge is 0.246 e. The molecule has 4 heteroatoms. The van der Waals surface area contributed by atoms with Gasteiger partial charge in [-0.2, -0.15) is 0 Å². The summed E-state index contributed by atoms with van der Waals surface area (Å²) in [7, 11) is 0. The Kier molecular flexibility index (Phi) is 4.25. The number of fused-ring (bicyclic) bond motifs is 1. The molecule has 112 valence electrons. The van der Waals surface area contributed by atoms with Crippen LogP contribution < -0.4 is 4.74 Å². The summed E-state index contributed by atoms with van der Waals surface area (Å²) in [6.45, 7) is 7.61. The van der Waals surface area contributed by atoms with Crippen molar-refractivity contribution in [2.45, 2.75) is 13.3 Å². The van der Waals surface area contributed by atoms with Crippen molar-refractivity contribution in [3.05, 3.63) is 35.4 Å². The summed E-state index contributed by atoms with van der Waals surface area (Å²) in [4.78, 5) is 16.5. The highest BCUT2D eigenvalue weighted by Crippen LogP contribution is 2.26. The molecule has 3 rings (SSSR count). The molecule has 0 aromatic heterocycles. The lowest BCUT2D eigenvalue weighted by molar-refractivity contribution is -0.127. The second kappa shape index (κ2) is 6.31. The maximum atomic E-state index is 12.2. The molecule has 0 saturated carbocycles. The van der Waals surface area contributed by atoms with Gasteiger partial charge in [0.15, 0.2) is 0 Å². The van der Waals surface area contributed by atoms with Crippen molar-refractivity contribution in [2.24, 2.45) is 0 Å². The van der Waals surface area contributed by atoms with E-state index in [2.05, 4.69) is 17.9 Å². The van der Waals surface area contributed by atoms with Crippen molar-refractivity contribution in [1.29, 1.82) is 0 Å². The van der Waals surface area contributed by atoms with Gasteiger partial charge in [-0.05, 0) is 35.9 Å². The third-order valence-corrected chi connectivity index (χ3v) is 4.26. The van der Waals surface area contributed by atoms with E-state index in [1.807, 2.05) is 23.1 Å². The number of ether oxygens (including phenoxy) is 1. The fourth-order valence-electron chi connectivity index (χ4n) is 2.87. The summed E-state index contributed by atoms with van der Waals surface area (Å²) in [5, 5.41) is 0. The second-order valence-corrected chi connectivity index (χ2v) is 5.56. The Morgan fingerprint density at radius 3 is 2.86 bits per heavy atom. The van der Waals surface area contributed by atoms with Crippen LogP contribution in [0.15, 0.2) is 24.3 Å². The molecule has 1 aromatic rings. The summed E-state index contributed by atoms with van der Waals surface area (Å²) in [5.41, 5.74) is 2.31. The molecule has 0 aliphatic carbocycles. The van der Waals surface area contributed by atoms with Gasteiger partial charge in [0, 0.05) is 38.7 Å². The largest absolute Gasteiger partial charge is 0.493 e. The molecule has 4 nitrogen and oxygen atoms in total. The molecule has 1 amide bonds. The minimum atomic E-state index is 0.113. The summed E-state index contributed by atoms with van der Waals surface area (Å²) in [5.74, 6) is 1.09. The number of hydrogen-bond donors (Lipinski definition) is 0. The number of likely N-dealkylation sites (N-methyl/N-ethyl adjacent to an activating group) is 1. The number of nitrogens with zero attached hydrogens (tertiary/aromatic N) is 2. The van der Waals surface area contributed by atoms with E-state index in [1.165, 1.54) is 5.56 Å². The van der Waals surface area contributed by atoms with E-state index in [0.717, 1.165) is 57.1 Å². The molecule has 2 heterocycles. The SMILES string of the molecule is CCN1CCN(C(=O)/C=C\c2ccc3c(c2)CCO3)CC1. The van der Waals surface area contributed by atoms with Gasteiger partial charge >= 0.3 is 0 Å². The van der Waals surface area contributed by atoms with E-state index >= 15 is 0 Å². The summed E-state index contributed by atoms with van der Waals surface area (Å²) in [6, 6.07) is 6.11. The van der Waals surface area contributed by atoms with Gasteiger partial charge in [-0.15, -0.1) is 0 Å². The summed E-state index contributed by atoms with van der Waals surface area (Å²) in [6.07, 6.45) is 4.57. The molecule has 0 N–H and O–H groups in total. The van der Waals surface area contributed by atoms with Gasteiger partial charge < -0.3 is 14.5 Å². The molecule has 0 atom stereocenters. The molecule has 0 spiro atoms. The average Bonchev–Trinajstić information content (AvgIpc) is 3.00. The Labute approximate surface area is 126 Å². The fraction of sp³-hybridized carbons (Fsp3) is 0.471. The molecule has 0 radical (unpaired) electrons. The molecular weight excluding hydrogens is 264 g/mol. The first-order valence-corrected chi connectivity index (χ1v) is 7.71. The number of hydrogen-bond acceptors (Lipinski definition) is 3. The van der Waals surface area contributed by atoms with Gasteiger partial charge in [0.1, 0.15) is 5.75 Å². The standard InChI is InChI=1S/C17H22N2O2/c1-2-18-8-10-19(11-9-18)17(20)6-4-14-3-5-16-15(13-14)7-12-21-16/h3-6,13H,2,7-12H2,1H3/b6-4-. The van der Waals surface area contributed by atoms with E-state index in [1.54, 1.807) is 6.08 Å². The minimum Gasteiger partial charge on any atom is -0.493 e. The zero-order chi connectivity index (χ0) is 14.7. The van der Waals surface area contributed by atoms with Crippen LogP contribution in [0.5, 0.6) is 5.75 Å². The van der Waals surface area contributed by atoms with Crippen molar-refractivity contribution >= 4 is 12.0 Å². The minimum absolute atomic E-state index is 0.113. The topological polar surface area (TPSA) is 32.8 Å². The van der Waals surface area contributed by atoms with Crippen LogP contribution in [0.25, 0.3) is 6.08 Å². The highest BCUT2D eigenvalue weighted by Gasteiger charge is 2.18. The van der Waals surface area contributed by atoms with Gasteiger partial charge in [0.2, 0.25) is 5.91 Å². The third kappa shape index (κ3) is 3.27. The monoisotopic (exact) mass is 286 g/mol. The fourth-order valence-corrected chi connectivity index (χ4v) is 2.87. The molecule has 0 bridgehead atoms. The average molecular weight is 286 g/mol. The molecule has 2 aliphatic rings. The van der Waals surface area contributed by atoms with Gasteiger partial charge in [-0.1, -0.05) is 13.0 Å². The first-order chi connectivity index (χ1) is 10.3. The van der Waals surface area contributed by atoms with Crippen molar-refractivity contribution in [2.75, 3.05) is 39.3 Å². The molecular formula is C17H22N2O2. The van der Waals surface area contributed by atoms with Gasteiger partial charge in [-0.3, -0.25) is 4.79 Å². The Bertz CT molecular complexity index is 546. The number of carbonyl (C=O) groups is 1. The van der Waals surface area contributed by atoms with Crippen LogP contribution in [0.2, 0.25) is 0 Å². The number of carbonyl (C=O) groups excluding carboxylic acids is 1. The highest BCUT2D eigenvalue weighted by atomic mass is 16.5. The number of piperazine rings is 1. The number of rotatable bonds is 3. The number of benzene rings is 1. The van der Waals surface area contributed by atoms with Gasteiger partial charge in [0.05, 0.1) is 6.61 Å². The van der Waals surface area contributed by atoms with E-state index < -0.39 is 0 Å². The molecule has 0 unspecified atom stereocenters. The van der Waals surface area contributed by atoms with Gasteiger partial charge in [-0.25, -0.2) is 0 Å². The van der Waals surface area contributed by atoms with E-state index in [9.17, 15) is 4.79 Å². The first kappa shape index (κ1) is 14.1. The third-order valence-electron chi connectivity index (χ3n) is 4.26. The van der Waals surface area contributed by atoms with E-state index in [0.29, 0.717) is 0 Å². The predicted octanol–water partition coefficient (Wildman–Crippen LogP) is 1.80. The van der Waals surface area contributed by atoms with Crippen LogP contribution in [-0.4, -0.2) is 55.0 Å². The Hall–Kier alpha value is -1.81. The number of amides is 1. The highest BCUT2D eigenvalue weighted by molar-refractivity contribution is 5.91. The van der Waals surface area contributed by atoms with Crippen LogP contribution in [0.1, 0.15) is 18.1 Å². The van der Waals surface area contributed by atoms with Crippen molar-refractivity contribution < 1.29 is 9.53 Å². The normalized spacial score (nSPS) is 18.8. The van der Waals surface area contributed by atoms with Crippen LogP contribution in [0.3, 0.4) is 0 Å². The predicted molar refractivity (Wildman–Crippen MR) is 83.4 cm³/mol. The molecule has 2 aliphatic heterocycles. The summed E-state index contributed by atoms with van der Waals surface area (Å²) >= 11 is 0. The van der Waals surface area contributed by atoms with Crippen molar-refractivity contribution in [3.63, 3.8) is 0 Å². The zero-order valence-corrected chi connectivity index (χ0v) is 12.5. The first-order valence-electron chi connectivity index (χ1n) is 7.71. The van der Waals surface area contributed by atoms with Gasteiger partial charge in [0.25, 0.3) is 0 Å². The van der Waals surface area contributed by atoms with Crippen LogP contribution in [-0.2, 0) is 11.2 Å². The van der Waals surface area contributed by atoms with E-state index in [4.69, 9.17) is 4.74 Å². The van der Waals surface area contributed by atoms with Crippen LogP contribution in [0, 0.1) is 0 Å². The second-order valence-electron chi connectivity index (χ2n) is 5.56. The lowest BCUT2D eigenvalue weighted by Gasteiger charge is -2.33. The quantitative estimate of drug-likeness (QED) is 0.794. The Morgan fingerprint density at radius 1 is 1.29 bits per heavy atom. The van der Waals surface area contributed by atoms with E-state index in [-0.39, 0.29) is 5.91 Å². The maximum absolute atomic E-state index is 12.2. The molecule has 21 heavy (non-hydrogen) atoms. The zero-order valence-electron chi connectivity index (χ0n) is 12.5. The Morgan fingerprint density at radius 2 is 2.10 bits per heavy atom. The molecule has 1 aromatic carbocycles. The van der Waals surface area contributed by atoms with Crippen molar-refractivity contribution in [1.82, 2.24) is 9.80 Å². The molecule has 1 saturated heterocycles. The van der Waals surface area contributed by atoms with Crippen LogP contribution in [0.4, 0.5) is 0 Å². The maximum Gasteiger partial charge on any atom is 0.246 e. The summed E-state index contributed by atoms with van der Waals surface area (Å²) < 4.78 is 5.49. The van der Waals surface area contributed by atoms with Crippen molar-refractivity contribution in [3.8, 4) is 5.75 Å².